The van der Waals surface area contributed by atoms with Crippen LogP contribution in [0.4, 0.5) is 4.39 Å². The molecule has 0 bridgehead atoms. The molecule has 0 heterocycles. The third kappa shape index (κ3) is 3.32. The zero-order valence-corrected chi connectivity index (χ0v) is 11.4. The fraction of sp³-hybridized carbons (Fsp3) is 0.200. The molecule has 0 radical (unpaired) electrons. The van der Waals surface area contributed by atoms with E-state index < -0.39 is 5.82 Å². The van der Waals surface area contributed by atoms with Crippen molar-refractivity contribution in [2.24, 2.45) is 5.84 Å². The number of aryl methyl sites for hydroxylation is 1. The van der Waals surface area contributed by atoms with Gasteiger partial charge in [0.05, 0.1) is 11.1 Å². The first-order chi connectivity index (χ1) is 9.11. The Morgan fingerprint density at radius 3 is 2.68 bits per heavy atom. The molecule has 1 unspecified atom stereocenters. The highest BCUT2D eigenvalue weighted by Crippen LogP contribution is 2.25. The molecule has 0 aromatic heterocycles. The van der Waals surface area contributed by atoms with Gasteiger partial charge in [-0.1, -0.05) is 53.6 Å². The Hall–Kier alpha value is -1.42. The van der Waals surface area contributed by atoms with E-state index in [0.29, 0.717) is 12.0 Å². The van der Waals surface area contributed by atoms with Crippen molar-refractivity contribution in [3.05, 3.63) is 70.0 Å². The summed E-state index contributed by atoms with van der Waals surface area (Å²) in [4.78, 5) is 0. The minimum Gasteiger partial charge on any atom is -0.271 e. The van der Waals surface area contributed by atoms with Crippen LogP contribution in [0.1, 0.15) is 22.7 Å². The van der Waals surface area contributed by atoms with Crippen molar-refractivity contribution in [2.45, 2.75) is 19.4 Å². The fourth-order valence-electron chi connectivity index (χ4n) is 2.12. The minimum atomic E-state index is -0.417. The molecule has 2 aromatic carbocycles. The largest absolute Gasteiger partial charge is 0.271 e. The van der Waals surface area contributed by atoms with E-state index in [1.807, 2.05) is 25.1 Å². The zero-order valence-electron chi connectivity index (χ0n) is 10.7. The van der Waals surface area contributed by atoms with Crippen LogP contribution in [0.5, 0.6) is 0 Å². The van der Waals surface area contributed by atoms with Crippen LogP contribution in [0, 0.1) is 12.7 Å². The van der Waals surface area contributed by atoms with Gasteiger partial charge in [0.2, 0.25) is 0 Å². The number of halogens is 2. The topological polar surface area (TPSA) is 38.0 Å². The second kappa shape index (κ2) is 6.15. The Balaban J connectivity index is 2.28. The lowest BCUT2D eigenvalue weighted by Gasteiger charge is -2.18. The first-order valence-corrected chi connectivity index (χ1v) is 6.45. The molecule has 2 aromatic rings. The van der Waals surface area contributed by atoms with Crippen molar-refractivity contribution in [3.8, 4) is 0 Å². The number of nitrogens with two attached hydrogens (primary N) is 1. The van der Waals surface area contributed by atoms with Gasteiger partial charge >= 0.3 is 0 Å². The van der Waals surface area contributed by atoms with Crippen molar-refractivity contribution in [2.75, 3.05) is 0 Å². The van der Waals surface area contributed by atoms with E-state index >= 15 is 0 Å². The van der Waals surface area contributed by atoms with Crippen molar-refractivity contribution < 1.29 is 4.39 Å². The van der Waals surface area contributed by atoms with E-state index in [2.05, 4.69) is 11.5 Å². The summed E-state index contributed by atoms with van der Waals surface area (Å²) in [6, 6.07) is 12.7. The molecule has 100 valence electrons. The van der Waals surface area contributed by atoms with Crippen LogP contribution in [0.25, 0.3) is 0 Å². The first-order valence-electron chi connectivity index (χ1n) is 6.07. The third-order valence-corrected chi connectivity index (χ3v) is 3.37. The first kappa shape index (κ1) is 14.0. The highest BCUT2D eigenvalue weighted by molar-refractivity contribution is 6.30. The molecule has 2 nitrogen and oxygen atoms in total. The third-order valence-electron chi connectivity index (χ3n) is 3.08. The maximum absolute atomic E-state index is 14.0. The molecule has 1 atom stereocenters. The average molecular weight is 279 g/mol. The monoisotopic (exact) mass is 278 g/mol. The van der Waals surface area contributed by atoms with Gasteiger partial charge in [-0.15, -0.1) is 0 Å². The quantitative estimate of drug-likeness (QED) is 0.663. The van der Waals surface area contributed by atoms with Gasteiger partial charge in [-0.05, 0) is 25.0 Å². The van der Waals surface area contributed by atoms with E-state index in [0.717, 1.165) is 5.56 Å². The molecule has 19 heavy (non-hydrogen) atoms. The van der Waals surface area contributed by atoms with Crippen molar-refractivity contribution in [1.82, 2.24) is 5.43 Å². The van der Waals surface area contributed by atoms with Crippen molar-refractivity contribution >= 4 is 11.6 Å². The van der Waals surface area contributed by atoms with Crippen molar-refractivity contribution in [1.29, 1.82) is 0 Å². The maximum Gasteiger partial charge on any atom is 0.146 e. The van der Waals surface area contributed by atoms with E-state index in [-0.39, 0.29) is 11.1 Å². The van der Waals surface area contributed by atoms with E-state index in [9.17, 15) is 4.39 Å². The highest BCUT2D eigenvalue weighted by atomic mass is 35.5. The summed E-state index contributed by atoms with van der Waals surface area (Å²) >= 11 is 5.80. The Bertz CT molecular complexity index is 572. The van der Waals surface area contributed by atoms with E-state index in [1.165, 1.54) is 11.6 Å². The van der Waals surface area contributed by atoms with Crippen LogP contribution in [-0.4, -0.2) is 0 Å². The van der Waals surface area contributed by atoms with Crippen LogP contribution < -0.4 is 11.3 Å². The normalized spacial score (nSPS) is 12.4. The van der Waals surface area contributed by atoms with Gasteiger partial charge in [0, 0.05) is 5.56 Å². The molecule has 0 saturated heterocycles. The summed E-state index contributed by atoms with van der Waals surface area (Å²) in [6.07, 6.45) is 0.607. The van der Waals surface area contributed by atoms with Gasteiger partial charge in [0.25, 0.3) is 0 Å². The van der Waals surface area contributed by atoms with E-state index in [4.69, 9.17) is 17.4 Å². The van der Waals surface area contributed by atoms with Gasteiger partial charge in [-0.25, -0.2) is 4.39 Å². The van der Waals surface area contributed by atoms with Crippen molar-refractivity contribution in [3.63, 3.8) is 0 Å². The molecule has 0 aliphatic rings. The number of nitrogens with one attached hydrogen (secondary N) is 1. The standard InChI is InChI=1S/C15H16ClFN2/c1-10-4-2-5-11(8-10)9-14(19-18)12-6-3-7-13(16)15(12)17/h2-8,14,19H,9,18H2,1H3. The minimum absolute atomic E-state index is 0.113. The smallest absolute Gasteiger partial charge is 0.146 e. The Kier molecular flexibility index (Phi) is 4.53. The van der Waals surface area contributed by atoms with Crippen LogP contribution in [0.2, 0.25) is 5.02 Å². The lowest BCUT2D eigenvalue weighted by atomic mass is 9.98. The molecule has 3 N–H and O–H groups in total. The summed E-state index contributed by atoms with van der Waals surface area (Å²) < 4.78 is 14.0. The summed E-state index contributed by atoms with van der Waals surface area (Å²) in [6.45, 7) is 2.02. The number of hydrogen-bond donors (Lipinski definition) is 2. The van der Waals surface area contributed by atoms with Gasteiger partial charge in [-0.2, -0.15) is 0 Å². The van der Waals surface area contributed by atoms with Gasteiger partial charge in [-0.3, -0.25) is 11.3 Å². The summed E-state index contributed by atoms with van der Waals surface area (Å²) in [7, 11) is 0. The number of hydrogen-bond acceptors (Lipinski definition) is 2. The molecule has 4 heteroatoms. The predicted molar refractivity (Wildman–Crippen MR) is 76.4 cm³/mol. The fourth-order valence-corrected chi connectivity index (χ4v) is 2.30. The van der Waals surface area contributed by atoms with Crippen LogP contribution in [0.15, 0.2) is 42.5 Å². The summed E-state index contributed by atoms with van der Waals surface area (Å²) in [5.74, 6) is 5.13. The predicted octanol–water partition coefficient (Wildman–Crippen LogP) is 3.53. The molecule has 0 aliphatic heterocycles. The number of benzene rings is 2. The van der Waals surface area contributed by atoms with Gasteiger partial charge < -0.3 is 0 Å². The van der Waals surface area contributed by atoms with Crippen LogP contribution >= 0.6 is 11.6 Å². The SMILES string of the molecule is Cc1cccc(CC(NN)c2cccc(Cl)c2F)c1. The Morgan fingerprint density at radius 1 is 1.26 bits per heavy atom. The summed E-state index contributed by atoms with van der Waals surface area (Å²) in [5.41, 5.74) is 5.40. The number of rotatable bonds is 4. The zero-order chi connectivity index (χ0) is 13.8. The molecule has 0 aliphatic carbocycles. The second-order valence-electron chi connectivity index (χ2n) is 4.56. The average Bonchev–Trinajstić information content (AvgIpc) is 2.40. The molecule has 0 fully saturated rings. The molecule has 0 amide bonds. The Labute approximate surface area is 117 Å². The molecular weight excluding hydrogens is 263 g/mol. The molecule has 2 rings (SSSR count). The van der Waals surface area contributed by atoms with E-state index in [1.54, 1.807) is 12.1 Å². The lowest BCUT2D eigenvalue weighted by molar-refractivity contribution is 0.511. The molecular formula is C15H16ClFN2. The maximum atomic E-state index is 14.0. The van der Waals surface area contributed by atoms with Gasteiger partial charge in [0.1, 0.15) is 5.82 Å². The second-order valence-corrected chi connectivity index (χ2v) is 4.96. The number of hydrazine groups is 1. The van der Waals surface area contributed by atoms with Crippen LogP contribution in [-0.2, 0) is 6.42 Å². The lowest BCUT2D eigenvalue weighted by Crippen LogP contribution is -2.30. The Morgan fingerprint density at radius 2 is 2.00 bits per heavy atom. The summed E-state index contributed by atoms with van der Waals surface area (Å²) in [5, 5.41) is 0.113. The molecule has 0 spiro atoms. The van der Waals surface area contributed by atoms with Gasteiger partial charge in [0.15, 0.2) is 0 Å². The molecule has 0 saturated carbocycles. The highest BCUT2D eigenvalue weighted by Gasteiger charge is 2.16. The van der Waals surface area contributed by atoms with Crippen LogP contribution in [0.3, 0.4) is 0 Å².